The predicted octanol–water partition coefficient (Wildman–Crippen LogP) is 1.85. The predicted molar refractivity (Wildman–Crippen MR) is 86.1 cm³/mol. The van der Waals surface area contributed by atoms with Gasteiger partial charge in [0.05, 0.1) is 21.3 Å². The molecule has 0 radical (unpaired) electrons. The molecule has 0 amide bonds. The Morgan fingerprint density at radius 2 is 2.19 bits per heavy atom. The number of hydrogen-bond acceptors (Lipinski definition) is 6. The standard InChI is InChI=1S/C13H18N4O2S2/c1-9(13-16-5-6-20-13)8-17-12-4-3-10(7-11(12)14)21(18,19)15-2/h3-7,9,15,17H,8,14H2,1-2H3. The van der Waals surface area contributed by atoms with Crippen LogP contribution in [0.2, 0.25) is 0 Å². The lowest BCUT2D eigenvalue weighted by molar-refractivity contribution is 0.588. The maximum atomic E-state index is 11.7. The van der Waals surface area contributed by atoms with Crippen molar-refractivity contribution in [2.75, 3.05) is 24.6 Å². The zero-order valence-corrected chi connectivity index (χ0v) is 13.5. The van der Waals surface area contributed by atoms with Gasteiger partial charge in [0.25, 0.3) is 0 Å². The second-order valence-electron chi connectivity index (χ2n) is 4.61. The Morgan fingerprint density at radius 1 is 1.43 bits per heavy atom. The minimum atomic E-state index is -3.47. The van der Waals surface area contributed by atoms with E-state index in [0.29, 0.717) is 17.9 Å². The fourth-order valence-electron chi connectivity index (χ4n) is 1.82. The van der Waals surface area contributed by atoms with Gasteiger partial charge in [0, 0.05) is 24.0 Å². The largest absolute Gasteiger partial charge is 0.397 e. The van der Waals surface area contributed by atoms with Crippen LogP contribution in [0.1, 0.15) is 17.8 Å². The molecule has 21 heavy (non-hydrogen) atoms. The Labute approximate surface area is 128 Å². The number of sulfonamides is 1. The molecule has 2 rings (SSSR count). The third kappa shape index (κ3) is 3.72. The van der Waals surface area contributed by atoms with E-state index in [4.69, 9.17) is 5.73 Å². The first-order chi connectivity index (χ1) is 9.94. The molecule has 0 aliphatic heterocycles. The average Bonchev–Trinajstić information content (AvgIpc) is 2.99. The van der Waals surface area contributed by atoms with Crippen LogP contribution in [0.4, 0.5) is 11.4 Å². The van der Waals surface area contributed by atoms with Gasteiger partial charge in [-0.15, -0.1) is 11.3 Å². The van der Waals surface area contributed by atoms with E-state index in [2.05, 4.69) is 21.9 Å². The van der Waals surface area contributed by atoms with E-state index < -0.39 is 10.0 Å². The number of hydrogen-bond donors (Lipinski definition) is 3. The zero-order chi connectivity index (χ0) is 15.5. The van der Waals surface area contributed by atoms with Gasteiger partial charge in [0.15, 0.2) is 0 Å². The number of benzene rings is 1. The van der Waals surface area contributed by atoms with Crippen molar-refractivity contribution in [3.05, 3.63) is 34.8 Å². The van der Waals surface area contributed by atoms with E-state index in [-0.39, 0.29) is 10.8 Å². The minimum Gasteiger partial charge on any atom is -0.397 e. The smallest absolute Gasteiger partial charge is 0.240 e. The van der Waals surface area contributed by atoms with Crippen LogP contribution in [0, 0.1) is 0 Å². The molecule has 1 aromatic carbocycles. The van der Waals surface area contributed by atoms with E-state index in [9.17, 15) is 8.42 Å². The fraction of sp³-hybridized carbons (Fsp3) is 0.308. The Hall–Kier alpha value is -1.64. The van der Waals surface area contributed by atoms with Gasteiger partial charge in [-0.25, -0.2) is 18.1 Å². The fourth-order valence-corrected chi connectivity index (χ4v) is 3.28. The van der Waals surface area contributed by atoms with Gasteiger partial charge in [0.2, 0.25) is 10.0 Å². The highest BCUT2D eigenvalue weighted by Gasteiger charge is 2.14. The highest BCUT2D eigenvalue weighted by Crippen LogP contribution is 2.24. The number of nitrogen functional groups attached to an aromatic ring is 1. The van der Waals surface area contributed by atoms with Crippen LogP contribution in [0.15, 0.2) is 34.7 Å². The molecule has 0 aliphatic carbocycles. The van der Waals surface area contributed by atoms with E-state index >= 15 is 0 Å². The summed E-state index contributed by atoms with van der Waals surface area (Å²) in [7, 11) is -2.10. The van der Waals surface area contributed by atoms with Crippen molar-refractivity contribution in [2.24, 2.45) is 0 Å². The number of nitrogens with one attached hydrogen (secondary N) is 2. The van der Waals surface area contributed by atoms with Gasteiger partial charge < -0.3 is 11.1 Å². The van der Waals surface area contributed by atoms with Crippen LogP contribution in [-0.2, 0) is 10.0 Å². The Kier molecular flexibility index (Phi) is 4.81. The number of thiazole rings is 1. The Morgan fingerprint density at radius 3 is 2.76 bits per heavy atom. The van der Waals surface area contributed by atoms with Crippen molar-refractivity contribution in [1.82, 2.24) is 9.71 Å². The van der Waals surface area contributed by atoms with Gasteiger partial charge in [0.1, 0.15) is 0 Å². The normalized spacial score (nSPS) is 13.0. The second kappa shape index (κ2) is 6.42. The van der Waals surface area contributed by atoms with Crippen molar-refractivity contribution >= 4 is 32.7 Å². The Bertz CT molecular complexity index is 699. The molecule has 0 fully saturated rings. The molecule has 1 heterocycles. The second-order valence-corrected chi connectivity index (χ2v) is 7.42. The molecule has 0 aliphatic rings. The number of nitrogens with zero attached hydrogens (tertiary/aromatic N) is 1. The lowest BCUT2D eigenvalue weighted by Crippen LogP contribution is -2.19. The average molecular weight is 326 g/mol. The van der Waals surface area contributed by atoms with Crippen LogP contribution >= 0.6 is 11.3 Å². The summed E-state index contributed by atoms with van der Waals surface area (Å²) >= 11 is 1.61. The first-order valence-electron chi connectivity index (χ1n) is 6.40. The van der Waals surface area contributed by atoms with Gasteiger partial charge in [-0.05, 0) is 25.2 Å². The molecule has 1 aromatic heterocycles. The first-order valence-corrected chi connectivity index (χ1v) is 8.76. The summed E-state index contributed by atoms with van der Waals surface area (Å²) in [5, 5.41) is 6.22. The molecule has 8 heteroatoms. The Balaban J connectivity index is 2.08. The van der Waals surface area contributed by atoms with E-state index in [0.717, 1.165) is 5.01 Å². The quantitative estimate of drug-likeness (QED) is 0.704. The topological polar surface area (TPSA) is 97.1 Å². The summed E-state index contributed by atoms with van der Waals surface area (Å²) in [5.41, 5.74) is 7.03. The summed E-state index contributed by atoms with van der Waals surface area (Å²) in [6.45, 7) is 2.75. The van der Waals surface area contributed by atoms with Crippen LogP contribution in [0.25, 0.3) is 0 Å². The molecule has 1 atom stereocenters. The summed E-state index contributed by atoms with van der Waals surface area (Å²) in [6, 6.07) is 4.65. The molecule has 2 aromatic rings. The monoisotopic (exact) mass is 326 g/mol. The lowest BCUT2D eigenvalue weighted by Gasteiger charge is -2.14. The number of nitrogens with two attached hydrogens (primary N) is 1. The molecule has 1 unspecified atom stereocenters. The van der Waals surface area contributed by atoms with E-state index in [1.54, 1.807) is 23.6 Å². The highest BCUT2D eigenvalue weighted by atomic mass is 32.2. The number of aromatic nitrogens is 1. The lowest BCUT2D eigenvalue weighted by atomic mass is 10.2. The van der Waals surface area contributed by atoms with Gasteiger partial charge in [-0.2, -0.15) is 0 Å². The maximum Gasteiger partial charge on any atom is 0.240 e. The molecule has 0 saturated heterocycles. The molecular weight excluding hydrogens is 308 g/mol. The SMILES string of the molecule is CNS(=O)(=O)c1ccc(NCC(C)c2nccs2)c(N)c1. The minimum absolute atomic E-state index is 0.154. The number of rotatable bonds is 6. The van der Waals surface area contributed by atoms with Crippen LogP contribution in [0.5, 0.6) is 0 Å². The van der Waals surface area contributed by atoms with Crippen molar-refractivity contribution < 1.29 is 8.42 Å². The summed E-state index contributed by atoms with van der Waals surface area (Å²) in [6.07, 6.45) is 1.78. The van der Waals surface area contributed by atoms with Crippen molar-refractivity contribution in [1.29, 1.82) is 0 Å². The third-order valence-corrected chi connectivity index (χ3v) is 5.49. The molecule has 0 bridgehead atoms. The summed E-state index contributed by atoms with van der Waals surface area (Å²) in [5.74, 6) is 0.255. The van der Waals surface area contributed by atoms with E-state index in [1.165, 1.54) is 19.2 Å². The number of anilines is 2. The van der Waals surface area contributed by atoms with Gasteiger partial charge >= 0.3 is 0 Å². The van der Waals surface area contributed by atoms with Crippen molar-refractivity contribution in [3.63, 3.8) is 0 Å². The summed E-state index contributed by atoms with van der Waals surface area (Å²) < 4.78 is 25.6. The van der Waals surface area contributed by atoms with Gasteiger partial charge in [-0.1, -0.05) is 6.92 Å². The highest BCUT2D eigenvalue weighted by molar-refractivity contribution is 7.89. The maximum absolute atomic E-state index is 11.7. The van der Waals surface area contributed by atoms with E-state index in [1.807, 2.05) is 5.38 Å². The molecule has 0 spiro atoms. The third-order valence-electron chi connectivity index (χ3n) is 3.07. The molecular formula is C13H18N4O2S2. The van der Waals surface area contributed by atoms with Crippen molar-refractivity contribution in [2.45, 2.75) is 17.7 Å². The first kappa shape index (κ1) is 15.7. The van der Waals surface area contributed by atoms with Crippen LogP contribution in [-0.4, -0.2) is 27.0 Å². The molecule has 0 saturated carbocycles. The van der Waals surface area contributed by atoms with Crippen molar-refractivity contribution in [3.8, 4) is 0 Å². The molecule has 114 valence electrons. The van der Waals surface area contributed by atoms with Crippen LogP contribution < -0.4 is 15.8 Å². The zero-order valence-electron chi connectivity index (χ0n) is 11.8. The molecule has 4 N–H and O–H groups in total. The molecule has 6 nitrogen and oxygen atoms in total. The summed E-state index contributed by atoms with van der Waals surface area (Å²) in [4.78, 5) is 4.42. The van der Waals surface area contributed by atoms with Crippen LogP contribution in [0.3, 0.4) is 0 Å². The van der Waals surface area contributed by atoms with Gasteiger partial charge in [-0.3, -0.25) is 0 Å².